The molecule has 9 nitrogen and oxygen atoms in total. The smallest absolute Gasteiger partial charge is 0.268 e. The van der Waals surface area contributed by atoms with E-state index >= 15 is 0 Å². The van der Waals surface area contributed by atoms with Crippen LogP contribution in [0.25, 0.3) is 21.0 Å². The van der Waals surface area contributed by atoms with Gasteiger partial charge in [0.2, 0.25) is 5.91 Å². The van der Waals surface area contributed by atoms with Crippen LogP contribution in [0, 0.1) is 0 Å². The van der Waals surface area contributed by atoms with Gasteiger partial charge in [-0.2, -0.15) is 5.10 Å². The molecular weight excluding hydrogens is 452 g/mol. The Morgan fingerprint density at radius 1 is 1.12 bits per heavy atom. The number of anilines is 1. The molecule has 34 heavy (non-hydrogen) atoms. The number of benzene rings is 1. The van der Waals surface area contributed by atoms with Crippen LogP contribution in [-0.4, -0.2) is 71.3 Å². The number of hydrogen-bond acceptors (Lipinski definition) is 7. The van der Waals surface area contributed by atoms with E-state index in [2.05, 4.69) is 26.1 Å². The third kappa shape index (κ3) is 4.69. The molecule has 0 bridgehead atoms. The Morgan fingerprint density at radius 3 is 2.62 bits per heavy atom. The zero-order valence-corrected chi connectivity index (χ0v) is 19.8. The van der Waals surface area contributed by atoms with Crippen molar-refractivity contribution >= 4 is 28.8 Å². The molecule has 1 aromatic carbocycles. The number of nitrogens with two attached hydrogens (primary N) is 1. The molecule has 2 aliphatic heterocycles. The summed E-state index contributed by atoms with van der Waals surface area (Å²) < 4.78 is 5.37. The molecule has 178 valence electrons. The predicted molar refractivity (Wildman–Crippen MR) is 131 cm³/mol. The quantitative estimate of drug-likeness (QED) is 0.560. The van der Waals surface area contributed by atoms with Crippen molar-refractivity contribution in [1.29, 1.82) is 0 Å². The fourth-order valence-corrected chi connectivity index (χ4v) is 5.62. The predicted octanol–water partition coefficient (Wildman–Crippen LogP) is 2.69. The first-order chi connectivity index (χ1) is 16.6. The summed E-state index contributed by atoms with van der Waals surface area (Å²) in [6.45, 7) is 4.32. The maximum atomic E-state index is 12.9. The first kappa shape index (κ1) is 22.5. The van der Waals surface area contributed by atoms with Crippen LogP contribution >= 0.6 is 11.3 Å². The number of ether oxygens (including phenoxy) is 1. The molecule has 0 radical (unpaired) electrons. The molecule has 0 aliphatic carbocycles. The topological polar surface area (TPSA) is 117 Å². The first-order valence-electron chi connectivity index (χ1n) is 11.6. The molecule has 4 heterocycles. The lowest BCUT2D eigenvalue weighted by Gasteiger charge is -2.31. The van der Waals surface area contributed by atoms with E-state index in [1.807, 2.05) is 17.0 Å². The van der Waals surface area contributed by atoms with Crippen molar-refractivity contribution in [2.45, 2.75) is 25.7 Å². The van der Waals surface area contributed by atoms with Gasteiger partial charge in [-0.1, -0.05) is 12.1 Å². The zero-order valence-electron chi connectivity index (χ0n) is 19.0. The summed E-state index contributed by atoms with van der Waals surface area (Å²) in [6.07, 6.45) is 7.20. The molecule has 2 saturated heterocycles. The van der Waals surface area contributed by atoms with Gasteiger partial charge in [-0.3, -0.25) is 14.7 Å². The Balaban J connectivity index is 1.53. The van der Waals surface area contributed by atoms with Crippen molar-refractivity contribution in [3.05, 3.63) is 41.9 Å². The van der Waals surface area contributed by atoms with Gasteiger partial charge in [-0.15, -0.1) is 11.3 Å². The molecular formula is C24H28N6O3S. The Bertz CT molecular complexity index is 1160. The van der Waals surface area contributed by atoms with Crippen LogP contribution in [0.5, 0.6) is 0 Å². The number of piperidine rings is 1. The lowest BCUT2D eigenvalue weighted by atomic mass is 10.0. The molecule has 2 aromatic heterocycles. The number of rotatable bonds is 6. The molecule has 3 N–H and O–H groups in total. The first-order valence-corrected chi connectivity index (χ1v) is 12.5. The van der Waals surface area contributed by atoms with Gasteiger partial charge in [-0.25, -0.2) is 4.98 Å². The molecule has 0 spiro atoms. The molecule has 2 amide bonds. The van der Waals surface area contributed by atoms with Gasteiger partial charge in [0.1, 0.15) is 10.7 Å². The number of carbonyl (C=O) groups excluding carboxylic acids is 2. The summed E-state index contributed by atoms with van der Waals surface area (Å²) in [5.41, 5.74) is 9.71. The van der Waals surface area contributed by atoms with Crippen LogP contribution in [0.1, 0.15) is 35.3 Å². The van der Waals surface area contributed by atoms with E-state index < -0.39 is 5.91 Å². The summed E-state index contributed by atoms with van der Waals surface area (Å²) in [5, 5.41) is 7.48. The average molecular weight is 481 g/mol. The fraction of sp³-hybridized carbons (Fsp3) is 0.417. The molecule has 0 saturated carbocycles. The Kier molecular flexibility index (Phi) is 6.59. The van der Waals surface area contributed by atoms with Crippen molar-refractivity contribution in [1.82, 2.24) is 20.1 Å². The number of primary amides is 1. The number of amides is 2. The van der Waals surface area contributed by atoms with Crippen LogP contribution in [0.3, 0.4) is 0 Å². The van der Waals surface area contributed by atoms with Gasteiger partial charge in [0.05, 0.1) is 30.7 Å². The number of morpholine rings is 1. The number of thiazole rings is 1. The molecule has 2 aliphatic rings. The minimum atomic E-state index is -0.558. The number of carbonyl (C=O) groups is 2. The normalized spacial score (nSPS) is 16.6. The number of nitrogens with zero attached hydrogens (tertiary/aromatic N) is 4. The van der Waals surface area contributed by atoms with E-state index in [4.69, 9.17) is 10.5 Å². The van der Waals surface area contributed by atoms with Gasteiger partial charge >= 0.3 is 0 Å². The van der Waals surface area contributed by atoms with Gasteiger partial charge < -0.3 is 20.3 Å². The summed E-state index contributed by atoms with van der Waals surface area (Å²) in [4.78, 5) is 34.7. The summed E-state index contributed by atoms with van der Waals surface area (Å²) >= 11 is 1.43. The van der Waals surface area contributed by atoms with E-state index in [1.54, 1.807) is 12.4 Å². The Labute approximate surface area is 201 Å². The van der Waals surface area contributed by atoms with Crippen LogP contribution < -0.4 is 10.6 Å². The van der Waals surface area contributed by atoms with Crippen molar-refractivity contribution < 1.29 is 14.3 Å². The molecule has 3 aromatic rings. The van der Waals surface area contributed by atoms with Gasteiger partial charge in [-0.05, 0) is 30.9 Å². The van der Waals surface area contributed by atoms with E-state index in [0.717, 1.165) is 53.2 Å². The van der Waals surface area contributed by atoms with Crippen molar-refractivity contribution in [2.24, 2.45) is 5.73 Å². The number of aromatic amines is 1. The van der Waals surface area contributed by atoms with Crippen molar-refractivity contribution in [3.8, 4) is 21.0 Å². The van der Waals surface area contributed by atoms with E-state index in [0.29, 0.717) is 37.7 Å². The number of aromatic nitrogens is 3. The van der Waals surface area contributed by atoms with Crippen LogP contribution in [0.4, 0.5) is 5.69 Å². The second-order valence-corrected chi connectivity index (χ2v) is 9.62. The molecule has 2 fully saturated rings. The average Bonchev–Trinajstić information content (AvgIpc) is 3.56. The molecule has 0 atom stereocenters. The van der Waals surface area contributed by atoms with E-state index in [9.17, 15) is 9.59 Å². The van der Waals surface area contributed by atoms with Gasteiger partial charge in [0, 0.05) is 49.2 Å². The fourth-order valence-electron chi connectivity index (χ4n) is 4.54. The second-order valence-electron chi connectivity index (χ2n) is 8.62. The van der Waals surface area contributed by atoms with E-state index in [-0.39, 0.29) is 11.6 Å². The van der Waals surface area contributed by atoms with E-state index in [1.165, 1.54) is 17.8 Å². The third-order valence-corrected chi connectivity index (χ3v) is 7.47. The summed E-state index contributed by atoms with van der Waals surface area (Å²) in [7, 11) is 0. The highest BCUT2D eigenvalue weighted by Gasteiger charge is 2.25. The maximum absolute atomic E-state index is 12.9. The van der Waals surface area contributed by atoms with Crippen LogP contribution in [0.2, 0.25) is 0 Å². The highest BCUT2D eigenvalue weighted by atomic mass is 32.1. The lowest BCUT2D eigenvalue weighted by Crippen LogP contribution is -2.41. The monoisotopic (exact) mass is 480 g/mol. The molecule has 5 rings (SSSR count). The zero-order chi connectivity index (χ0) is 23.5. The third-order valence-electron chi connectivity index (χ3n) is 6.33. The standard InChI is InChI=1S/C24H28N6O3S/c25-23(32)21-22(34-24(28-21)17-14-26-27-15-17)18-5-4-16(12-19(18)29-6-2-1-3-7-29)13-20(31)30-8-10-33-11-9-30/h4-5,12,14-15H,1-3,6-11,13H2,(H2,25,32)(H,26,27). The highest BCUT2D eigenvalue weighted by molar-refractivity contribution is 7.18. The molecule has 0 unspecified atom stereocenters. The lowest BCUT2D eigenvalue weighted by molar-refractivity contribution is -0.134. The van der Waals surface area contributed by atoms with Crippen LogP contribution in [0.15, 0.2) is 30.6 Å². The molecule has 10 heteroatoms. The number of hydrogen-bond donors (Lipinski definition) is 2. The minimum absolute atomic E-state index is 0.110. The Hall–Kier alpha value is -3.24. The summed E-state index contributed by atoms with van der Waals surface area (Å²) in [5.74, 6) is -0.448. The largest absolute Gasteiger partial charge is 0.378 e. The van der Waals surface area contributed by atoms with Gasteiger partial charge in [0.25, 0.3) is 5.91 Å². The number of H-pyrrole nitrogens is 1. The van der Waals surface area contributed by atoms with Crippen molar-refractivity contribution in [3.63, 3.8) is 0 Å². The van der Waals surface area contributed by atoms with Crippen LogP contribution in [-0.2, 0) is 16.0 Å². The van der Waals surface area contributed by atoms with Gasteiger partial charge in [0.15, 0.2) is 0 Å². The minimum Gasteiger partial charge on any atom is -0.378 e. The SMILES string of the molecule is NC(=O)c1nc(-c2cn[nH]c2)sc1-c1ccc(CC(=O)N2CCOCC2)cc1N1CCCCC1. The second kappa shape index (κ2) is 9.94. The summed E-state index contributed by atoms with van der Waals surface area (Å²) in [6, 6.07) is 6.08. The maximum Gasteiger partial charge on any atom is 0.268 e. The van der Waals surface area contributed by atoms with Crippen molar-refractivity contribution in [2.75, 3.05) is 44.3 Å². The number of nitrogens with one attached hydrogen (secondary N) is 1. The highest BCUT2D eigenvalue weighted by Crippen LogP contribution is 2.41. The Morgan fingerprint density at radius 2 is 1.91 bits per heavy atom.